The van der Waals surface area contributed by atoms with Gasteiger partial charge in [-0.15, -0.1) is 0 Å². The fraction of sp³-hybridized carbons (Fsp3) is 0.111. The molecule has 0 amide bonds. The Morgan fingerprint density at radius 3 is 3.00 bits per heavy atom. The van der Waals surface area contributed by atoms with Crippen molar-refractivity contribution in [3.05, 3.63) is 36.4 Å². The van der Waals surface area contributed by atoms with E-state index in [9.17, 15) is 0 Å². The third kappa shape index (κ3) is 2.23. The molecule has 1 unspecified atom stereocenters. The number of benzene rings is 1. The van der Waals surface area contributed by atoms with Gasteiger partial charge in [0.15, 0.2) is 0 Å². The minimum absolute atomic E-state index is 0.0627. The molecule has 1 aliphatic heterocycles. The van der Waals surface area contributed by atoms with Crippen molar-refractivity contribution in [2.45, 2.75) is 0 Å². The first-order valence-electron chi connectivity index (χ1n) is 5.21. The summed E-state index contributed by atoms with van der Waals surface area (Å²) in [5.41, 5.74) is 1.39. The Kier molecular flexibility index (Phi) is 3.71. The maximum Gasteiger partial charge on any atom is 0.139 e. The van der Waals surface area contributed by atoms with Gasteiger partial charge in [-0.2, -0.15) is 0 Å². The van der Waals surface area contributed by atoms with Crippen molar-refractivity contribution in [2.75, 3.05) is 6.23 Å². The molecule has 2 rings (SSSR count). The molecule has 1 aromatic rings. The van der Waals surface area contributed by atoms with E-state index in [0.29, 0.717) is 17.1 Å². The quantitative estimate of drug-likeness (QED) is 0.558. The number of hydrogen-bond donors (Lipinski definition) is 0. The van der Waals surface area contributed by atoms with Crippen molar-refractivity contribution in [3.63, 3.8) is 0 Å². The van der Waals surface area contributed by atoms with E-state index in [1.165, 1.54) is 5.56 Å². The Morgan fingerprint density at radius 1 is 1.43 bits per heavy atom. The van der Waals surface area contributed by atoms with Crippen LogP contribution < -0.4 is 5.19 Å². The maximum absolute atomic E-state index is 5.80. The van der Waals surface area contributed by atoms with Crippen molar-refractivity contribution < 1.29 is 4.43 Å². The predicted octanol–water partition coefficient (Wildman–Crippen LogP) is -1.92. The van der Waals surface area contributed by atoms with Crippen molar-refractivity contribution in [3.8, 4) is 0 Å². The Balaban J connectivity index is 2.24. The van der Waals surface area contributed by atoms with Crippen LogP contribution in [0, 0.1) is 0 Å². The largest absolute Gasteiger partial charge is 0.432 e. The Morgan fingerprint density at radius 2 is 2.29 bits per heavy atom. The zero-order valence-electron chi connectivity index (χ0n) is 8.41. The molecule has 1 fully saturated rings. The Bertz CT molecular complexity index is 322. The molecular weight excluding hydrogens is 236 g/mol. The van der Waals surface area contributed by atoms with E-state index in [0.717, 1.165) is 6.23 Å². The summed E-state index contributed by atoms with van der Waals surface area (Å²) in [6, 6.07) is 8.83. The van der Waals surface area contributed by atoms with Crippen LogP contribution in [-0.4, -0.2) is 40.9 Å². The van der Waals surface area contributed by atoms with Crippen molar-refractivity contribution in [2.24, 2.45) is 0 Å². The van der Waals surface area contributed by atoms with E-state index < -0.39 is 8.31 Å². The molecule has 1 aromatic carbocycles. The highest BCUT2D eigenvalue weighted by atomic mass is 29.7. The highest BCUT2D eigenvalue weighted by Gasteiger charge is 2.19. The molecule has 1 heterocycles. The third-order valence-corrected chi connectivity index (χ3v) is 37.9. The molecule has 0 bridgehead atoms. The topological polar surface area (TPSA) is 9.23 Å². The lowest BCUT2D eigenvalue weighted by Gasteiger charge is -2.21. The van der Waals surface area contributed by atoms with E-state index in [2.05, 4.69) is 30.8 Å². The van der Waals surface area contributed by atoms with Crippen LogP contribution in [-0.2, 0) is 4.43 Å². The van der Waals surface area contributed by atoms with E-state index in [4.69, 9.17) is 4.43 Å². The lowest BCUT2D eigenvalue weighted by atomic mass is 10.2. The summed E-state index contributed by atoms with van der Waals surface area (Å²) in [6.07, 6.45) is 3.18. The molecule has 0 saturated carbocycles. The highest BCUT2D eigenvalue weighted by Crippen LogP contribution is 2.01. The first-order valence-corrected chi connectivity index (χ1v) is 18.4. The summed E-state index contributed by atoms with van der Waals surface area (Å²) in [6.45, 7) is 3.90. The first-order chi connectivity index (χ1) is 6.92. The molecule has 1 atom stereocenters. The van der Waals surface area contributed by atoms with E-state index >= 15 is 0 Å². The van der Waals surface area contributed by atoms with Crippen LogP contribution in [0.5, 0.6) is 0 Å². The van der Waals surface area contributed by atoms with Crippen LogP contribution in [0.3, 0.4) is 0 Å². The second kappa shape index (κ2) is 5.03. The zero-order valence-corrected chi connectivity index (χ0v) is 13.8. The van der Waals surface area contributed by atoms with E-state index in [1.807, 2.05) is 6.08 Å². The van der Waals surface area contributed by atoms with Crippen LogP contribution in [0.2, 0.25) is 0 Å². The molecule has 0 spiro atoms. The van der Waals surface area contributed by atoms with Gasteiger partial charge in [-0.25, -0.2) is 0 Å². The minimum Gasteiger partial charge on any atom is -0.432 e. The Labute approximate surface area is 93.1 Å². The van der Waals surface area contributed by atoms with Crippen LogP contribution in [0.1, 0.15) is 5.56 Å². The van der Waals surface area contributed by atoms with Crippen molar-refractivity contribution in [1.29, 1.82) is 0 Å². The summed E-state index contributed by atoms with van der Waals surface area (Å²) < 4.78 is 5.80. The molecule has 14 heavy (non-hydrogen) atoms. The molecule has 0 aromatic heterocycles. The highest BCUT2D eigenvalue weighted by molar-refractivity contribution is 7.51. The summed E-state index contributed by atoms with van der Waals surface area (Å²) in [5.74, 6) is 0. The van der Waals surface area contributed by atoms with Gasteiger partial charge in [0.25, 0.3) is 0 Å². The number of rotatable bonds is 2. The molecule has 74 valence electrons. The van der Waals surface area contributed by atoms with Crippen LogP contribution in [0.4, 0.5) is 0 Å². The smallest absolute Gasteiger partial charge is 0.139 e. The second-order valence-corrected chi connectivity index (χ2v) is 27.8. The van der Waals surface area contributed by atoms with Gasteiger partial charge < -0.3 is 4.43 Å². The summed E-state index contributed by atoms with van der Waals surface area (Å²) >= 11 is 0. The van der Waals surface area contributed by atoms with Crippen molar-refractivity contribution >= 4 is 46.0 Å². The minimum atomic E-state index is -0.600. The van der Waals surface area contributed by atoms with Crippen LogP contribution in [0.15, 0.2) is 30.8 Å². The normalized spacial score (nSPS) is 27.0. The number of hydrogen-bond acceptors (Lipinski definition) is 1. The fourth-order valence-corrected chi connectivity index (χ4v) is 44.5. The summed E-state index contributed by atoms with van der Waals surface area (Å²) in [7, 11) is 0.200. The molecular formula is C9H16OSi4. The molecule has 1 nitrogen and oxygen atoms in total. The van der Waals surface area contributed by atoms with E-state index in [-0.39, 0.29) is 9.28 Å². The molecule has 0 N–H and O–H groups in total. The zero-order chi connectivity index (χ0) is 9.80. The predicted molar refractivity (Wildman–Crippen MR) is 74.9 cm³/mol. The van der Waals surface area contributed by atoms with E-state index in [1.54, 1.807) is 5.19 Å². The third-order valence-electron chi connectivity index (χ3n) is 2.82. The van der Waals surface area contributed by atoms with Crippen LogP contribution >= 0.6 is 0 Å². The average Bonchev–Trinajstić information content (AvgIpc) is 2.30. The first kappa shape index (κ1) is 10.3. The van der Waals surface area contributed by atoms with Crippen LogP contribution in [0.25, 0.3) is 6.08 Å². The van der Waals surface area contributed by atoms with Gasteiger partial charge in [0.1, 0.15) is 9.28 Å². The van der Waals surface area contributed by atoms with Gasteiger partial charge in [0.05, 0.1) is 8.31 Å². The van der Waals surface area contributed by atoms with Gasteiger partial charge in [-0.05, 0) is 5.56 Å². The monoisotopic (exact) mass is 252 g/mol. The van der Waals surface area contributed by atoms with Crippen molar-refractivity contribution in [1.82, 2.24) is 0 Å². The Hall–Kier alpha value is -0.212. The molecule has 5 heteroatoms. The summed E-state index contributed by atoms with van der Waals surface area (Å²) in [5, 5.41) is 1.65. The van der Waals surface area contributed by atoms with Gasteiger partial charge in [-0.3, -0.25) is 0 Å². The SMILES string of the molecule is C=Cc1ccccc1[SiH]1CO[SiH2][SiH2][SiH2]1. The standard InChI is InChI=1S/C9H16OSi4/c1-2-8-5-3-4-6-9(8)14-7-10-11-12-13-14/h2-6,14H,1,7,11-13H2. The van der Waals surface area contributed by atoms with Gasteiger partial charge in [-0.1, -0.05) is 42.1 Å². The lowest BCUT2D eigenvalue weighted by Crippen LogP contribution is -2.51. The molecule has 0 aliphatic carbocycles. The lowest BCUT2D eigenvalue weighted by molar-refractivity contribution is 0.419. The maximum atomic E-state index is 5.80. The molecule has 0 radical (unpaired) electrons. The van der Waals surface area contributed by atoms with Gasteiger partial charge >= 0.3 is 0 Å². The molecule has 1 saturated heterocycles. The molecule has 1 aliphatic rings. The average molecular weight is 253 g/mol. The summed E-state index contributed by atoms with van der Waals surface area (Å²) in [4.78, 5) is 0. The van der Waals surface area contributed by atoms with Gasteiger partial charge in [0.2, 0.25) is 0 Å². The second-order valence-electron chi connectivity index (χ2n) is 3.75. The fourth-order valence-electron chi connectivity index (χ4n) is 2.05. The van der Waals surface area contributed by atoms with Gasteiger partial charge in [0, 0.05) is 23.3 Å².